The van der Waals surface area contributed by atoms with Crippen molar-refractivity contribution in [3.8, 4) is 17.0 Å². The second-order valence-corrected chi connectivity index (χ2v) is 8.58. The highest BCUT2D eigenvalue weighted by molar-refractivity contribution is 5.90. The van der Waals surface area contributed by atoms with Crippen molar-refractivity contribution in [3.05, 3.63) is 77.9 Å². The summed E-state index contributed by atoms with van der Waals surface area (Å²) < 4.78 is 6.26. The molecule has 0 fully saturated rings. The van der Waals surface area contributed by atoms with Crippen molar-refractivity contribution in [1.82, 2.24) is 20.3 Å². The van der Waals surface area contributed by atoms with Crippen molar-refractivity contribution < 1.29 is 9.53 Å². The molecule has 2 atom stereocenters. The van der Waals surface area contributed by atoms with Crippen LogP contribution in [0.5, 0.6) is 5.75 Å². The van der Waals surface area contributed by atoms with Gasteiger partial charge in [-0.15, -0.1) is 0 Å². The minimum atomic E-state index is -0.134. The molecule has 6 heteroatoms. The van der Waals surface area contributed by atoms with Crippen molar-refractivity contribution in [2.45, 2.75) is 37.7 Å². The summed E-state index contributed by atoms with van der Waals surface area (Å²) in [5.74, 6) is 0.791. The Bertz CT molecular complexity index is 1300. The summed E-state index contributed by atoms with van der Waals surface area (Å²) >= 11 is 0. The molecule has 0 saturated heterocycles. The molecule has 2 aromatic carbocycles. The Morgan fingerprint density at radius 3 is 3.00 bits per heavy atom. The van der Waals surface area contributed by atoms with Crippen LogP contribution in [0.15, 0.2) is 61.1 Å². The number of aryl methyl sites for hydroxylation is 1. The fourth-order valence-electron chi connectivity index (χ4n) is 5.11. The third-order valence-corrected chi connectivity index (χ3v) is 6.60. The molecule has 160 valence electrons. The van der Waals surface area contributed by atoms with Crippen molar-refractivity contribution in [2.24, 2.45) is 0 Å². The summed E-state index contributed by atoms with van der Waals surface area (Å²) in [7, 11) is 0. The average molecular weight is 425 g/mol. The largest absolute Gasteiger partial charge is 0.487 e. The second kappa shape index (κ2) is 7.79. The molecule has 2 N–H and O–H groups in total. The fourth-order valence-corrected chi connectivity index (χ4v) is 5.11. The predicted molar refractivity (Wildman–Crippen MR) is 123 cm³/mol. The van der Waals surface area contributed by atoms with Crippen LogP contribution in [0.4, 0.5) is 0 Å². The van der Waals surface area contributed by atoms with Gasteiger partial charge in [0.2, 0.25) is 5.91 Å². The molecule has 32 heavy (non-hydrogen) atoms. The molecule has 0 bridgehead atoms. The molecule has 6 nitrogen and oxygen atoms in total. The maximum absolute atomic E-state index is 13.2. The van der Waals surface area contributed by atoms with E-state index in [1.807, 2.05) is 18.2 Å². The first kappa shape index (κ1) is 19.0. The number of hydrogen-bond acceptors (Lipinski definition) is 4. The first-order valence-corrected chi connectivity index (χ1v) is 11.2. The van der Waals surface area contributed by atoms with E-state index in [4.69, 9.17) is 4.74 Å². The first-order valence-electron chi connectivity index (χ1n) is 11.2. The Labute approximate surface area is 186 Å². The van der Waals surface area contributed by atoms with E-state index in [2.05, 4.69) is 44.5 Å². The summed E-state index contributed by atoms with van der Waals surface area (Å²) in [6, 6.07) is 14.4. The van der Waals surface area contributed by atoms with Crippen LogP contribution in [0.2, 0.25) is 0 Å². The number of benzene rings is 2. The molecule has 2 aromatic heterocycles. The van der Waals surface area contributed by atoms with Crippen molar-refractivity contribution in [1.29, 1.82) is 0 Å². The van der Waals surface area contributed by atoms with Gasteiger partial charge in [0.25, 0.3) is 0 Å². The number of nitrogens with zero attached hydrogens (tertiary/aromatic N) is 2. The van der Waals surface area contributed by atoms with Gasteiger partial charge in [-0.05, 0) is 42.5 Å². The van der Waals surface area contributed by atoms with E-state index in [0.29, 0.717) is 6.54 Å². The maximum atomic E-state index is 13.2. The van der Waals surface area contributed by atoms with Crippen LogP contribution in [0.25, 0.3) is 22.2 Å². The van der Waals surface area contributed by atoms with Gasteiger partial charge in [-0.1, -0.05) is 30.3 Å². The van der Waals surface area contributed by atoms with E-state index in [0.717, 1.165) is 59.5 Å². The highest BCUT2D eigenvalue weighted by Gasteiger charge is 2.31. The second-order valence-electron chi connectivity index (χ2n) is 8.58. The van der Waals surface area contributed by atoms with Crippen molar-refractivity contribution in [2.75, 3.05) is 6.54 Å². The number of nitrogens with one attached hydrogen (secondary N) is 2. The topological polar surface area (TPSA) is 79.9 Å². The number of amides is 1. The maximum Gasteiger partial charge on any atom is 0.229 e. The van der Waals surface area contributed by atoms with Gasteiger partial charge in [0.05, 0.1) is 24.4 Å². The van der Waals surface area contributed by atoms with Crippen LogP contribution < -0.4 is 10.1 Å². The van der Waals surface area contributed by atoms with Gasteiger partial charge in [0.15, 0.2) is 0 Å². The van der Waals surface area contributed by atoms with E-state index in [9.17, 15) is 4.79 Å². The molecule has 0 radical (unpaired) electrons. The lowest BCUT2D eigenvalue weighted by molar-refractivity contribution is -0.123. The first-order chi connectivity index (χ1) is 15.8. The molecule has 6 rings (SSSR count). The Balaban J connectivity index is 1.17. The molecule has 0 saturated carbocycles. The molecule has 1 aliphatic heterocycles. The molecule has 4 aromatic rings. The van der Waals surface area contributed by atoms with Crippen LogP contribution in [0.3, 0.4) is 0 Å². The molecule has 1 amide bonds. The highest BCUT2D eigenvalue weighted by atomic mass is 16.5. The van der Waals surface area contributed by atoms with Crippen molar-refractivity contribution >= 4 is 16.8 Å². The minimum absolute atomic E-state index is 0.0752. The third kappa shape index (κ3) is 3.23. The zero-order valence-electron chi connectivity index (χ0n) is 17.7. The number of aromatic nitrogens is 3. The van der Waals surface area contributed by atoms with Crippen LogP contribution in [0, 0.1) is 0 Å². The van der Waals surface area contributed by atoms with Crippen LogP contribution in [-0.4, -0.2) is 33.5 Å². The number of hydrogen-bond donors (Lipinski definition) is 2. The van der Waals surface area contributed by atoms with Gasteiger partial charge in [-0.2, -0.15) is 0 Å². The van der Waals surface area contributed by atoms with Gasteiger partial charge >= 0.3 is 0 Å². The Morgan fingerprint density at radius 2 is 2.09 bits per heavy atom. The number of aromatic amines is 1. The molecule has 2 unspecified atom stereocenters. The molecule has 2 aliphatic rings. The van der Waals surface area contributed by atoms with E-state index >= 15 is 0 Å². The fraction of sp³-hybridized carbons (Fsp3) is 0.269. The quantitative estimate of drug-likeness (QED) is 0.515. The van der Waals surface area contributed by atoms with Gasteiger partial charge < -0.3 is 15.0 Å². The number of fused-ring (bicyclic) bond motifs is 4. The summed E-state index contributed by atoms with van der Waals surface area (Å²) in [5.41, 5.74) is 6.37. The standard InChI is InChI=1S/C26H24N4O2/c31-26(21-9-4-7-19-18-6-1-2-10-22(18)30-24(19)21)29-14-17-13-16-5-3-8-20(25(16)32-17)23-15-27-11-12-28-23/h1-3,5-6,8,10-12,15,17,21,30H,4,7,9,13-14H2,(H,29,31). The van der Waals surface area contributed by atoms with Crippen LogP contribution in [-0.2, 0) is 17.6 Å². The minimum Gasteiger partial charge on any atom is -0.487 e. The summed E-state index contributed by atoms with van der Waals surface area (Å²) in [5, 5.41) is 4.40. The van der Waals surface area contributed by atoms with Crippen LogP contribution in [0.1, 0.15) is 35.6 Å². The van der Waals surface area contributed by atoms with Gasteiger partial charge in [-0.3, -0.25) is 14.8 Å². The SMILES string of the molecule is O=C(NCC1Cc2cccc(-c3cnccn3)c2O1)C1CCCc2c1[nH]c1ccccc21. The van der Waals surface area contributed by atoms with E-state index in [1.54, 1.807) is 18.6 Å². The van der Waals surface area contributed by atoms with E-state index in [1.165, 1.54) is 10.9 Å². The number of carbonyl (C=O) groups is 1. The molecule has 1 aliphatic carbocycles. The van der Waals surface area contributed by atoms with Gasteiger partial charge in [-0.25, -0.2) is 0 Å². The lowest BCUT2D eigenvalue weighted by atomic mass is 9.86. The zero-order chi connectivity index (χ0) is 21.5. The van der Waals surface area contributed by atoms with Crippen molar-refractivity contribution in [3.63, 3.8) is 0 Å². The smallest absolute Gasteiger partial charge is 0.229 e. The van der Waals surface area contributed by atoms with E-state index in [-0.39, 0.29) is 17.9 Å². The number of H-pyrrole nitrogens is 1. The number of rotatable bonds is 4. The molecule has 0 spiro atoms. The number of para-hydroxylation sites is 2. The van der Waals surface area contributed by atoms with Gasteiger partial charge in [0.1, 0.15) is 11.9 Å². The predicted octanol–water partition coefficient (Wildman–Crippen LogP) is 4.16. The monoisotopic (exact) mass is 424 g/mol. The Hall–Kier alpha value is -3.67. The number of ether oxygens (including phenoxy) is 1. The Morgan fingerprint density at radius 1 is 1.16 bits per heavy atom. The average Bonchev–Trinajstić information content (AvgIpc) is 3.44. The summed E-state index contributed by atoms with van der Waals surface area (Å²) in [6.07, 6.45) is 8.70. The lowest BCUT2D eigenvalue weighted by Crippen LogP contribution is -2.38. The molecular weight excluding hydrogens is 400 g/mol. The Kier molecular flexibility index (Phi) is 4.63. The van der Waals surface area contributed by atoms with Gasteiger partial charge in [0, 0.05) is 41.0 Å². The zero-order valence-corrected chi connectivity index (χ0v) is 17.7. The molecular formula is C26H24N4O2. The molecule has 3 heterocycles. The summed E-state index contributed by atoms with van der Waals surface area (Å²) in [6.45, 7) is 0.486. The third-order valence-electron chi connectivity index (χ3n) is 6.60. The normalized spacial score (nSPS) is 19.2. The van der Waals surface area contributed by atoms with E-state index < -0.39 is 0 Å². The number of carbonyl (C=O) groups excluding carboxylic acids is 1. The summed E-state index contributed by atoms with van der Waals surface area (Å²) in [4.78, 5) is 25.2. The lowest BCUT2D eigenvalue weighted by Gasteiger charge is -2.23. The highest BCUT2D eigenvalue weighted by Crippen LogP contribution is 2.38. The van der Waals surface area contributed by atoms with Crippen LogP contribution >= 0.6 is 0 Å².